The van der Waals surface area contributed by atoms with Crippen molar-refractivity contribution in [2.75, 3.05) is 13.7 Å². The minimum Gasteiger partial charge on any atom is -0.469 e. The normalized spacial score (nSPS) is 25.1. The Bertz CT molecular complexity index is 350. The van der Waals surface area contributed by atoms with Crippen LogP contribution in [0, 0.1) is 5.92 Å². The lowest BCUT2D eigenvalue weighted by atomic mass is 9.89. The predicted octanol–water partition coefficient (Wildman–Crippen LogP) is 1.90. The molecule has 0 unspecified atom stereocenters. The summed E-state index contributed by atoms with van der Waals surface area (Å²) >= 11 is 0. The van der Waals surface area contributed by atoms with Gasteiger partial charge in [-0.05, 0) is 24.9 Å². The Morgan fingerprint density at radius 1 is 1.38 bits per heavy atom. The van der Waals surface area contributed by atoms with E-state index in [4.69, 9.17) is 4.74 Å². The Morgan fingerprint density at radius 3 is 2.81 bits per heavy atom. The van der Waals surface area contributed by atoms with E-state index < -0.39 is 0 Å². The third-order valence-electron chi connectivity index (χ3n) is 3.14. The summed E-state index contributed by atoms with van der Waals surface area (Å²) in [5.74, 6) is -0.0427. The van der Waals surface area contributed by atoms with E-state index in [9.17, 15) is 4.79 Å². The van der Waals surface area contributed by atoms with Gasteiger partial charge in [-0.25, -0.2) is 0 Å². The predicted molar refractivity (Wildman–Crippen MR) is 61.9 cm³/mol. The van der Waals surface area contributed by atoms with Crippen molar-refractivity contribution in [1.29, 1.82) is 0 Å². The summed E-state index contributed by atoms with van der Waals surface area (Å²) in [5.41, 5.74) is 1.25. The van der Waals surface area contributed by atoms with Crippen LogP contribution in [0.15, 0.2) is 30.3 Å². The van der Waals surface area contributed by atoms with Crippen LogP contribution in [0.25, 0.3) is 0 Å². The molecule has 1 saturated heterocycles. The second-order valence-electron chi connectivity index (χ2n) is 4.16. The van der Waals surface area contributed by atoms with Crippen LogP contribution in [0.5, 0.6) is 0 Å². The molecule has 3 nitrogen and oxygen atoms in total. The SMILES string of the molecule is COC(=O)[C@@H]1CCN[C@@H](c2ccccc2)C1. The Balaban J connectivity index is 2.05. The van der Waals surface area contributed by atoms with Crippen LogP contribution in [0.4, 0.5) is 0 Å². The lowest BCUT2D eigenvalue weighted by molar-refractivity contribution is -0.146. The number of rotatable bonds is 2. The maximum absolute atomic E-state index is 11.5. The monoisotopic (exact) mass is 219 g/mol. The summed E-state index contributed by atoms with van der Waals surface area (Å²) in [6.45, 7) is 0.874. The van der Waals surface area contributed by atoms with Gasteiger partial charge >= 0.3 is 5.97 Å². The van der Waals surface area contributed by atoms with Crippen molar-refractivity contribution in [1.82, 2.24) is 5.32 Å². The van der Waals surface area contributed by atoms with Crippen LogP contribution < -0.4 is 5.32 Å². The average molecular weight is 219 g/mol. The highest BCUT2D eigenvalue weighted by molar-refractivity contribution is 5.72. The Kier molecular flexibility index (Phi) is 3.57. The lowest BCUT2D eigenvalue weighted by Gasteiger charge is -2.29. The second-order valence-corrected chi connectivity index (χ2v) is 4.16. The minimum atomic E-state index is -0.0811. The fourth-order valence-electron chi connectivity index (χ4n) is 2.24. The molecule has 1 fully saturated rings. The van der Waals surface area contributed by atoms with Gasteiger partial charge in [0, 0.05) is 6.04 Å². The third-order valence-corrected chi connectivity index (χ3v) is 3.14. The molecule has 1 N–H and O–H groups in total. The largest absolute Gasteiger partial charge is 0.469 e. The van der Waals surface area contributed by atoms with Gasteiger partial charge in [-0.2, -0.15) is 0 Å². The molecular weight excluding hydrogens is 202 g/mol. The van der Waals surface area contributed by atoms with Crippen LogP contribution in [-0.4, -0.2) is 19.6 Å². The minimum absolute atomic E-state index is 0.0384. The highest BCUT2D eigenvalue weighted by atomic mass is 16.5. The van der Waals surface area contributed by atoms with Crippen LogP contribution >= 0.6 is 0 Å². The van der Waals surface area contributed by atoms with E-state index in [0.717, 1.165) is 19.4 Å². The van der Waals surface area contributed by atoms with Crippen LogP contribution in [0.2, 0.25) is 0 Å². The number of benzene rings is 1. The number of piperidine rings is 1. The fraction of sp³-hybridized carbons (Fsp3) is 0.462. The molecule has 1 aliphatic heterocycles. The van der Waals surface area contributed by atoms with E-state index in [0.29, 0.717) is 0 Å². The number of carbonyl (C=O) groups is 1. The molecule has 1 aromatic rings. The molecule has 86 valence electrons. The van der Waals surface area contributed by atoms with Crippen molar-refractivity contribution in [3.8, 4) is 0 Å². The van der Waals surface area contributed by atoms with Gasteiger partial charge in [0.15, 0.2) is 0 Å². The van der Waals surface area contributed by atoms with E-state index in [1.54, 1.807) is 0 Å². The first-order valence-electron chi connectivity index (χ1n) is 5.67. The van der Waals surface area contributed by atoms with Gasteiger partial charge in [-0.15, -0.1) is 0 Å². The molecule has 0 spiro atoms. The summed E-state index contributed by atoms with van der Waals surface area (Å²) in [6, 6.07) is 10.5. The van der Waals surface area contributed by atoms with Crippen LogP contribution in [-0.2, 0) is 9.53 Å². The smallest absolute Gasteiger partial charge is 0.308 e. The zero-order chi connectivity index (χ0) is 11.4. The molecule has 0 aromatic heterocycles. The maximum atomic E-state index is 11.5. The third kappa shape index (κ3) is 2.42. The Hall–Kier alpha value is -1.35. The highest BCUT2D eigenvalue weighted by Gasteiger charge is 2.28. The van der Waals surface area contributed by atoms with E-state index in [1.807, 2.05) is 18.2 Å². The van der Waals surface area contributed by atoms with Crippen molar-refractivity contribution in [3.63, 3.8) is 0 Å². The molecule has 3 heteroatoms. The second kappa shape index (κ2) is 5.12. The molecule has 16 heavy (non-hydrogen) atoms. The summed E-state index contributed by atoms with van der Waals surface area (Å²) in [5, 5.41) is 3.44. The first-order chi connectivity index (χ1) is 7.81. The number of ether oxygens (including phenoxy) is 1. The number of esters is 1. The lowest BCUT2D eigenvalue weighted by Crippen LogP contribution is -2.35. The summed E-state index contributed by atoms with van der Waals surface area (Å²) in [4.78, 5) is 11.5. The van der Waals surface area contributed by atoms with Crippen molar-refractivity contribution in [3.05, 3.63) is 35.9 Å². The summed E-state index contributed by atoms with van der Waals surface area (Å²) in [6.07, 6.45) is 1.70. The number of hydrogen-bond acceptors (Lipinski definition) is 3. The van der Waals surface area contributed by atoms with Crippen molar-refractivity contribution < 1.29 is 9.53 Å². The van der Waals surface area contributed by atoms with Gasteiger partial charge in [0.05, 0.1) is 13.0 Å². The van der Waals surface area contributed by atoms with Crippen LogP contribution in [0.3, 0.4) is 0 Å². The number of carbonyl (C=O) groups excluding carboxylic acids is 1. The standard InChI is InChI=1S/C13H17NO2/c1-16-13(15)11-7-8-14-12(9-11)10-5-3-2-4-6-10/h2-6,11-12,14H,7-9H2,1H3/t11-,12-/m1/s1. The zero-order valence-electron chi connectivity index (χ0n) is 9.48. The molecule has 0 radical (unpaired) electrons. The summed E-state index contributed by atoms with van der Waals surface area (Å²) in [7, 11) is 1.46. The quantitative estimate of drug-likeness (QED) is 0.772. The van der Waals surface area contributed by atoms with E-state index in [1.165, 1.54) is 12.7 Å². The molecule has 0 amide bonds. The van der Waals surface area contributed by atoms with Crippen molar-refractivity contribution in [2.45, 2.75) is 18.9 Å². The number of hydrogen-bond donors (Lipinski definition) is 1. The van der Waals surface area contributed by atoms with Gasteiger partial charge in [0.1, 0.15) is 0 Å². The molecule has 1 aliphatic rings. The zero-order valence-corrected chi connectivity index (χ0v) is 9.48. The van der Waals surface area contributed by atoms with Crippen LogP contribution in [0.1, 0.15) is 24.4 Å². The van der Waals surface area contributed by atoms with Gasteiger partial charge in [0.25, 0.3) is 0 Å². The van der Waals surface area contributed by atoms with Gasteiger partial charge in [-0.1, -0.05) is 30.3 Å². The highest BCUT2D eigenvalue weighted by Crippen LogP contribution is 2.27. The molecular formula is C13H17NO2. The first-order valence-corrected chi connectivity index (χ1v) is 5.67. The number of methoxy groups -OCH3 is 1. The molecule has 2 rings (SSSR count). The van der Waals surface area contributed by atoms with E-state index in [-0.39, 0.29) is 17.9 Å². The number of nitrogens with one attached hydrogen (secondary N) is 1. The molecule has 1 heterocycles. The molecule has 0 saturated carbocycles. The van der Waals surface area contributed by atoms with E-state index >= 15 is 0 Å². The molecule has 2 atom stereocenters. The maximum Gasteiger partial charge on any atom is 0.308 e. The van der Waals surface area contributed by atoms with Crippen molar-refractivity contribution >= 4 is 5.97 Å². The van der Waals surface area contributed by atoms with Crippen molar-refractivity contribution in [2.24, 2.45) is 5.92 Å². The molecule has 0 bridgehead atoms. The molecule has 1 aromatic carbocycles. The van der Waals surface area contributed by atoms with Gasteiger partial charge in [0.2, 0.25) is 0 Å². The van der Waals surface area contributed by atoms with Gasteiger partial charge < -0.3 is 10.1 Å². The fourth-order valence-corrected chi connectivity index (χ4v) is 2.24. The van der Waals surface area contributed by atoms with Gasteiger partial charge in [-0.3, -0.25) is 4.79 Å². The van der Waals surface area contributed by atoms with E-state index in [2.05, 4.69) is 17.4 Å². The Morgan fingerprint density at radius 2 is 2.12 bits per heavy atom. The summed E-state index contributed by atoms with van der Waals surface area (Å²) < 4.78 is 4.81. The Labute approximate surface area is 95.8 Å². The molecule has 0 aliphatic carbocycles. The topological polar surface area (TPSA) is 38.3 Å². The average Bonchev–Trinajstić information content (AvgIpc) is 2.39. The first kappa shape index (κ1) is 11.1.